The molecule has 0 atom stereocenters. The fourth-order valence-electron chi connectivity index (χ4n) is 4.80. The van der Waals surface area contributed by atoms with Gasteiger partial charge in [0.25, 0.3) is 0 Å². The lowest BCUT2D eigenvalue weighted by molar-refractivity contribution is -0.139. The maximum atomic E-state index is 14.1. The number of rotatable bonds is 9. The summed E-state index contributed by atoms with van der Waals surface area (Å²) in [6.45, 7) is 7.75. The zero-order chi connectivity index (χ0) is 28.5. The van der Waals surface area contributed by atoms with E-state index in [9.17, 15) is 31.5 Å². The summed E-state index contributed by atoms with van der Waals surface area (Å²) < 4.78 is 70.4. The third-order valence-corrected chi connectivity index (χ3v) is 9.17. The number of hydrogen-bond donors (Lipinski definition) is 2. The Labute approximate surface area is 227 Å². The fraction of sp³-hybridized carbons (Fsp3) is 0.630. The number of alkyl halides is 3. The van der Waals surface area contributed by atoms with E-state index in [1.165, 1.54) is 19.9 Å². The Bertz CT molecular complexity index is 1250. The van der Waals surface area contributed by atoms with E-state index in [0.717, 1.165) is 55.6 Å². The van der Waals surface area contributed by atoms with Crippen LogP contribution in [0.1, 0.15) is 89.4 Å². The first-order valence-electron chi connectivity index (χ1n) is 12.8. The number of nitrogens with zero attached hydrogens (tertiary/aromatic N) is 1. The molecule has 38 heavy (non-hydrogen) atoms. The van der Waals surface area contributed by atoms with Gasteiger partial charge in [0.2, 0.25) is 10.0 Å². The largest absolute Gasteiger partial charge is 0.417 e. The van der Waals surface area contributed by atoms with E-state index in [1.54, 1.807) is 20.8 Å². The topological polar surface area (TPSA) is 96.4 Å². The Balaban J connectivity index is 2.07. The van der Waals surface area contributed by atoms with Gasteiger partial charge in [-0.1, -0.05) is 38.2 Å². The Kier molecular flexibility index (Phi) is 9.17. The van der Waals surface area contributed by atoms with Crippen molar-refractivity contribution in [2.75, 3.05) is 0 Å². The molecule has 0 radical (unpaired) electrons. The van der Waals surface area contributed by atoms with Gasteiger partial charge >= 0.3 is 6.18 Å². The summed E-state index contributed by atoms with van der Waals surface area (Å²) in [5.41, 5.74) is -2.54. The summed E-state index contributed by atoms with van der Waals surface area (Å²) in [6, 6.07) is 3.25. The highest BCUT2D eigenvalue weighted by Crippen LogP contribution is 2.41. The molecular formula is C27H37F3N2O4S2. The van der Waals surface area contributed by atoms with E-state index in [1.807, 2.05) is 0 Å². The first kappa shape index (κ1) is 30.7. The zero-order valence-corrected chi connectivity index (χ0v) is 24.2. The van der Waals surface area contributed by atoms with E-state index in [0.29, 0.717) is 27.9 Å². The third-order valence-electron chi connectivity index (χ3n) is 6.20. The van der Waals surface area contributed by atoms with Crippen LogP contribution in [0.15, 0.2) is 23.1 Å². The quantitative estimate of drug-likeness (QED) is 0.366. The molecule has 0 saturated heterocycles. The molecule has 0 aliphatic heterocycles. The number of Topliss-reactive ketones (excluding diaryl/α,β-unsaturated/α-hetero) is 1. The predicted octanol–water partition coefficient (Wildman–Crippen LogP) is 6.30. The number of carbonyl (C=O) groups excluding carboxylic acids is 1. The monoisotopic (exact) mass is 574 g/mol. The summed E-state index contributed by atoms with van der Waals surface area (Å²) in [7, 11) is -4.44. The Morgan fingerprint density at radius 1 is 1.11 bits per heavy atom. The minimum atomic E-state index is -4.91. The van der Waals surface area contributed by atoms with Crippen LogP contribution in [0.4, 0.5) is 13.2 Å². The van der Waals surface area contributed by atoms with Crippen LogP contribution in [-0.4, -0.2) is 35.4 Å². The number of ketones is 1. The molecule has 11 heteroatoms. The van der Waals surface area contributed by atoms with Crippen LogP contribution < -0.4 is 4.72 Å². The van der Waals surface area contributed by atoms with E-state index in [4.69, 9.17) is 0 Å². The summed E-state index contributed by atoms with van der Waals surface area (Å²) in [5.74, 6) is 0.134. The number of benzene rings is 1. The van der Waals surface area contributed by atoms with Crippen LogP contribution in [0.3, 0.4) is 0 Å². The number of nitrogens with one attached hydrogen (secondary N) is 1. The summed E-state index contributed by atoms with van der Waals surface area (Å²) in [4.78, 5) is 16.9. The third kappa shape index (κ3) is 8.59. The van der Waals surface area contributed by atoms with Crippen LogP contribution in [-0.2, 0) is 33.8 Å². The molecule has 2 N–H and O–H groups in total. The van der Waals surface area contributed by atoms with Gasteiger partial charge in [-0.05, 0) is 64.7 Å². The van der Waals surface area contributed by atoms with Gasteiger partial charge in [-0.25, -0.2) is 18.1 Å². The molecule has 0 amide bonds. The van der Waals surface area contributed by atoms with Gasteiger partial charge in [0.05, 0.1) is 33.1 Å². The summed E-state index contributed by atoms with van der Waals surface area (Å²) in [5, 5.41) is 10.5. The summed E-state index contributed by atoms with van der Waals surface area (Å²) in [6.07, 6.45) is 0.937. The molecule has 1 fully saturated rings. The van der Waals surface area contributed by atoms with Gasteiger partial charge in [-0.2, -0.15) is 13.2 Å². The minimum Gasteiger partial charge on any atom is -0.390 e. The molecule has 0 unspecified atom stereocenters. The molecule has 212 valence electrons. The number of thiazole rings is 1. The molecule has 1 aliphatic rings. The van der Waals surface area contributed by atoms with E-state index in [2.05, 4.69) is 9.71 Å². The number of sulfonamides is 1. The van der Waals surface area contributed by atoms with Crippen molar-refractivity contribution in [3.63, 3.8) is 0 Å². The molecule has 1 aromatic heterocycles. The van der Waals surface area contributed by atoms with Gasteiger partial charge in [0, 0.05) is 12.0 Å². The highest BCUT2D eigenvalue weighted by atomic mass is 32.2. The SMILES string of the molecule is CC(C)(O)CC(=O)Cc1nc(CC2CCCCC2)c(-c2ccc(S(=O)(=O)NC(C)(C)C)c(C(F)(F)F)c2)s1. The van der Waals surface area contributed by atoms with Gasteiger partial charge in [-0.3, -0.25) is 4.79 Å². The number of aliphatic hydroxyl groups is 1. The molecule has 2 aromatic rings. The Hall–Kier alpha value is -1.82. The molecule has 1 saturated carbocycles. The maximum Gasteiger partial charge on any atom is 0.417 e. The summed E-state index contributed by atoms with van der Waals surface area (Å²) >= 11 is 1.15. The van der Waals surface area contributed by atoms with Crippen molar-refractivity contribution in [1.29, 1.82) is 0 Å². The van der Waals surface area contributed by atoms with Crippen LogP contribution in [0.25, 0.3) is 10.4 Å². The van der Waals surface area contributed by atoms with Crippen LogP contribution in [0.2, 0.25) is 0 Å². The van der Waals surface area contributed by atoms with Gasteiger partial charge in [-0.15, -0.1) is 11.3 Å². The lowest BCUT2D eigenvalue weighted by atomic mass is 9.85. The predicted molar refractivity (Wildman–Crippen MR) is 143 cm³/mol. The second-order valence-corrected chi connectivity index (χ2v) is 14.6. The van der Waals surface area contributed by atoms with Crippen molar-refractivity contribution in [3.05, 3.63) is 34.5 Å². The van der Waals surface area contributed by atoms with Crippen molar-refractivity contribution < 1.29 is 31.5 Å². The minimum absolute atomic E-state index is 0.0274. The van der Waals surface area contributed by atoms with Crippen LogP contribution in [0, 0.1) is 5.92 Å². The van der Waals surface area contributed by atoms with E-state index in [-0.39, 0.29) is 24.2 Å². The number of hydrogen-bond acceptors (Lipinski definition) is 6. The smallest absolute Gasteiger partial charge is 0.390 e. The van der Waals surface area contributed by atoms with Gasteiger partial charge in [0.1, 0.15) is 10.8 Å². The van der Waals surface area contributed by atoms with Gasteiger partial charge in [0.15, 0.2) is 0 Å². The van der Waals surface area contributed by atoms with Crippen LogP contribution in [0.5, 0.6) is 0 Å². The second kappa shape index (κ2) is 11.3. The van der Waals surface area contributed by atoms with Gasteiger partial charge < -0.3 is 5.11 Å². The molecule has 1 aromatic carbocycles. The molecule has 3 rings (SSSR count). The molecule has 6 nitrogen and oxygen atoms in total. The zero-order valence-electron chi connectivity index (χ0n) is 22.5. The average molecular weight is 575 g/mol. The number of aromatic nitrogens is 1. The second-order valence-electron chi connectivity index (χ2n) is 11.9. The van der Waals surface area contributed by atoms with Crippen molar-refractivity contribution in [2.24, 2.45) is 5.92 Å². The fourth-order valence-corrected chi connectivity index (χ4v) is 7.55. The molecule has 1 aliphatic carbocycles. The van der Waals surface area contributed by atoms with E-state index >= 15 is 0 Å². The number of carbonyl (C=O) groups is 1. The highest BCUT2D eigenvalue weighted by Gasteiger charge is 2.39. The maximum absolute atomic E-state index is 14.1. The number of halogens is 3. The normalized spacial score (nSPS) is 16.1. The van der Waals surface area contributed by atoms with Crippen molar-refractivity contribution in [1.82, 2.24) is 9.71 Å². The van der Waals surface area contributed by atoms with Crippen molar-refractivity contribution in [3.8, 4) is 10.4 Å². The average Bonchev–Trinajstić information content (AvgIpc) is 3.12. The Morgan fingerprint density at radius 2 is 1.74 bits per heavy atom. The molecule has 0 spiro atoms. The standard InChI is InChI=1S/C27H37F3N2O4S2/c1-25(2,3)32-38(35,36)22-12-11-18(14-20(22)27(28,29)30)24-21(13-17-9-7-6-8-10-17)31-23(37-24)15-19(33)16-26(4,5)34/h11-12,14,17,32,34H,6-10,13,15-16H2,1-5H3. The van der Waals surface area contributed by atoms with Crippen molar-refractivity contribution >= 4 is 27.1 Å². The molecule has 0 bridgehead atoms. The molecular weight excluding hydrogens is 537 g/mol. The first-order chi connectivity index (χ1) is 17.3. The van der Waals surface area contributed by atoms with Crippen molar-refractivity contribution in [2.45, 2.75) is 108 Å². The lowest BCUT2D eigenvalue weighted by Gasteiger charge is -2.23. The highest BCUT2D eigenvalue weighted by molar-refractivity contribution is 7.89. The first-order valence-corrected chi connectivity index (χ1v) is 15.1. The molecule has 1 heterocycles. The van der Waals surface area contributed by atoms with Crippen LogP contribution >= 0.6 is 11.3 Å². The van der Waals surface area contributed by atoms with E-state index < -0.39 is 37.8 Å². The Morgan fingerprint density at radius 3 is 2.29 bits per heavy atom. The lowest BCUT2D eigenvalue weighted by Crippen LogP contribution is -2.41.